The van der Waals surface area contributed by atoms with E-state index in [1.54, 1.807) is 6.92 Å². The fourth-order valence-corrected chi connectivity index (χ4v) is 2.01. The summed E-state index contributed by atoms with van der Waals surface area (Å²) in [6, 6.07) is 17.6. The van der Waals surface area contributed by atoms with Gasteiger partial charge in [0.2, 0.25) is 0 Å². The number of carbonyl (C=O) groups excluding carboxylic acids is 1. The van der Waals surface area contributed by atoms with E-state index >= 15 is 0 Å². The zero-order valence-corrected chi connectivity index (χ0v) is 12.0. The Morgan fingerprint density at radius 3 is 2.25 bits per heavy atom. The second-order valence-corrected chi connectivity index (χ2v) is 4.85. The van der Waals surface area contributed by atoms with Crippen molar-refractivity contribution in [3.63, 3.8) is 0 Å². The molecule has 1 atom stereocenters. The Morgan fingerprint density at radius 1 is 1.00 bits per heavy atom. The Hall–Kier alpha value is -1.93. The van der Waals surface area contributed by atoms with Gasteiger partial charge in [0.15, 0.2) is 5.78 Å². The molecule has 0 saturated carbocycles. The molecule has 1 unspecified atom stereocenters. The number of ketones is 1. The van der Waals surface area contributed by atoms with E-state index in [0.717, 1.165) is 12.0 Å². The van der Waals surface area contributed by atoms with Crippen LogP contribution >= 0.6 is 0 Å². The van der Waals surface area contributed by atoms with Crippen LogP contribution in [0, 0.1) is 0 Å². The summed E-state index contributed by atoms with van der Waals surface area (Å²) in [4.78, 5) is 12.2. The van der Waals surface area contributed by atoms with Crippen LogP contribution in [-0.2, 0) is 17.8 Å². The van der Waals surface area contributed by atoms with Crippen LogP contribution in [0.25, 0.3) is 0 Å². The van der Waals surface area contributed by atoms with Gasteiger partial charge in [-0.05, 0) is 24.5 Å². The molecule has 0 aromatic heterocycles. The molecule has 2 aromatic carbocycles. The van der Waals surface area contributed by atoms with Crippen molar-refractivity contribution in [3.05, 3.63) is 71.3 Å². The average molecular weight is 268 g/mol. The van der Waals surface area contributed by atoms with Gasteiger partial charge < -0.3 is 4.74 Å². The number of benzene rings is 2. The number of hydrogen-bond acceptors (Lipinski definition) is 2. The maximum atomic E-state index is 12.2. The van der Waals surface area contributed by atoms with E-state index in [4.69, 9.17) is 4.74 Å². The van der Waals surface area contributed by atoms with Gasteiger partial charge in [0.1, 0.15) is 6.10 Å². The molecule has 104 valence electrons. The van der Waals surface area contributed by atoms with Gasteiger partial charge in [-0.25, -0.2) is 0 Å². The van der Waals surface area contributed by atoms with Crippen molar-refractivity contribution in [2.45, 2.75) is 33.0 Å². The lowest BCUT2D eigenvalue weighted by molar-refractivity contribution is 0.0412. The summed E-state index contributed by atoms with van der Waals surface area (Å²) in [5.74, 6) is 0.0311. The number of rotatable bonds is 6. The van der Waals surface area contributed by atoms with Crippen molar-refractivity contribution in [2.24, 2.45) is 0 Å². The topological polar surface area (TPSA) is 26.3 Å². The molecule has 0 spiro atoms. The van der Waals surface area contributed by atoms with Crippen molar-refractivity contribution < 1.29 is 9.53 Å². The highest BCUT2D eigenvalue weighted by molar-refractivity contribution is 5.99. The number of aryl methyl sites for hydroxylation is 1. The minimum atomic E-state index is -0.428. The third-order valence-electron chi connectivity index (χ3n) is 3.36. The first-order valence-electron chi connectivity index (χ1n) is 6.99. The molecule has 2 nitrogen and oxygen atoms in total. The van der Waals surface area contributed by atoms with Crippen molar-refractivity contribution >= 4 is 5.78 Å². The van der Waals surface area contributed by atoms with Crippen LogP contribution in [0.2, 0.25) is 0 Å². The van der Waals surface area contributed by atoms with Gasteiger partial charge in [-0.3, -0.25) is 4.79 Å². The summed E-state index contributed by atoms with van der Waals surface area (Å²) in [5.41, 5.74) is 3.02. The van der Waals surface area contributed by atoms with E-state index in [-0.39, 0.29) is 5.78 Å². The predicted molar refractivity (Wildman–Crippen MR) is 80.8 cm³/mol. The third-order valence-corrected chi connectivity index (χ3v) is 3.36. The summed E-state index contributed by atoms with van der Waals surface area (Å²) in [5, 5.41) is 0. The second kappa shape index (κ2) is 7.01. The molecule has 0 fully saturated rings. The maximum absolute atomic E-state index is 12.2. The lowest BCUT2D eigenvalue weighted by Crippen LogP contribution is -2.20. The van der Waals surface area contributed by atoms with Crippen molar-refractivity contribution in [1.29, 1.82) is 0 Å². The van der Waals surface area contributed by atoms with Gasteiger partial charge in [0, 0.05) is 5.56 Å². The van der Waals surface area contributed by atoms with Crippen molar-refractivity contribution in [1.82, 2.24) is 0 Å². The van der Waals surface area contributed by atoms with Gasteiger partial charge in [0.05, 0.1) is 6.61 Å². The summed E-state index contributed by atoms with van der Waals surface area (Å²) in [6.45, 7) is 4.36. The number of ether oxygens (including phenoxy) is 1. The molecule has 0 aliphatic rings. The highest BCUT2D eigenvalue weighted by Crippen LogP contribution is 2.11. The minimum Gasteiger partial charge on any atom is -0.366 e. The summed E-state index contributed by atoms with van der Waals surface area (Å²) in [6.07, 6.45) is 0.553. The zero-order chi connectivity index (χ0) is 14.4. The van der Waals surface area contributed by atoms with Gasteiger partial charge in [-0.15, -0.1) is 0 Å². The fourth-order valence-electron chi connectivity index (χ4n) is 2.01. The van der Waals surface area contributed by atoms with E-state index in [9.17, 15) is 4.79 Å². The monoisotopic (exact) mass is 268 g/mol. The molecule has 20 heavy (non-hydrogen) atoms. The molecule has 0 saturated heterocycles. The average Bonchev–Trinajstić information content (AvgIpc) is 2.53. The predicted octanol–water partition coefficient (Wildman–Crippen LogP) is 4.04. The van der Waals surface area contributed by atoms with E-state index < -0.39 is 6.10 Å². The number of carbonyl (C=O) groups is 1. The summed E-state index contributed by atoms with van der Waals surface area (Å²) < 4.78 is 5.65. The van der Waals surface area contributed by atoms with E-state index in [1.165, 1.54) is 5.56 Å². The number of hydrogen-bond donors (Lipinski definition) is 0. The Kier molecular flexibility index (Phi) is 5.08. The second-order valence-electron chi connectivity index (χ2n) is 4.85. The highest BCUT2D eigenvalue weighted by Gasteiger charge is 2.15. The molecule has 0 N–H and O–H groups in total. The summed E-state index contributed by atoms with van der Waals surface area (Å²) in [7, 11) is 0. The molecule has 2 heteroatoms. The van der Waals surface area contributed by atoms with Crippen LogP contribution in [0.1, 0.15) is 35.3 Å². The Bertz CT molecular complexity index is 543. The van der Waals surface area contributed by atoms with Crippen LogP contribution in [-0.4, -0.2) is 11.9 Å². The van der Waals surface area contributed by atoms with E-state index in [1.807, 2.05) is 54.6 Å². The van der Waals surface area contributed by atoms with Crippen LogP contribution in [0.5, 0.6) is 0 Å². The largest absolute Gasteiger partial charge is 0.366 e. The van der Waals surface area contributed by atoms with Gasteiger partial charge >= 0.3 is 0 Å². The Labute approximate surface area is 120 Å². The van der Waals surface area contributed by atoms with Crippen LogP contribution in [0.15, 0.2) is 54.6 Å². The lowest BCUT2D eigenvalue weighted by atomic mass is 10.0. The highest BCUT2D eigenvalue weighted by atomic mass is 16.5. The van der Waals surface area contributed by atoms with E-state index in [0.29, 0.717) is 12.2 Å². The first-order valence-corrected chi connectivity index (χ1v) is 6.99. The van der Waals surface area contributed by atoms with Crippen LogP contribution < -0.4 is 0 Å². The number of Topliss-reactive ketones (excluding diaryl/α,β-unsaturated/α-hetero) is 1. The SMILES string of the molecule is CCc1ccc(C(=O)C(C)OCc2ccccc2)cc1. The molecule has 2 aromatic rings. The first-order chi connectivity index (χ1) is 9.70. The third kappa shape index (κ3) is 3.78. The zero-order valence-electron chi connectivity index (χ0n) is 12.0. The molecule has 0 heterocycles. The molecule has 0 aliphatic carbocycles. The molecule has 2 rings (SSSR count). The molecular formula is C18H20O2. The first kappa shape index (κ1) is 14.5. The standard InChI is InChI=1S/C18H20O2/c1-3-15-9-11-17(12-10-15)18(19)14(2)20-13-16-7-5-4-6-8-16/h4-12,14H,3,13H2,1-2H3. The smallest absolute Gasteiger partial charge is 0.191 e. The van der Waals surface area contributed by atoms with Gasteiger partial charge in [0.25, 0.3) is 0 Å². The quantitative estimate of drug-likeness (QED) is 0.739. The Morgan fingerprint density at radius 2 is 1.65 bits per heavy atom. The minimum absolute atomic E-state index is 0.0311. The molecule has 0 bridgehead atoms. The van der Waals surface area contributed by atoms with Crippen LogP contribution in [0.4, 0.5) is 0 Å². The maximum Gasteiger partial charge on any atom is 0.191 e. The van der Waals surface area contributed by atoms with E-state index in [2.05, 4.69) is 6.92 Å². The van der Waals surface area contributed by atoms with Gasteiger partial charge in [-0.1, -0.05) is 61.5 Å². The molecular weight excluding hydrogens is 248 g/mol. The van der Waals surface area contributed by atoms with Crippen LogP contribution in [0.3, 0.4) is 0 Å². The molecule has 0 radical (unpaired) electrons. The molecule has 0 aliphatic heterocycles. The van der Waals surface area contributed by atoms with Crippen molar-refractivity contribution in [3.8, 4) is 0 Å². The van der Waals surface area contributed by atoms with Crippen molar-refractivity contribution in [2.75, 3.05) is 0 Å². The van der Waals surface area contributed by atoms with Gasteiger partial charge in [-0.2, -0.15) is 0 Å². The lowest BCUT2D eigenvalue weighted by Gasteiger charge is -2.12. The normalized spacial score (nSPS) is 12.1. The molecule has 0 amide bonds. The Balaban J connectivity index is 1.94. The summed E-state index contributed by atoms with van der Waals surface area (Å²) >= 11 is 0. The fraction of sp³-hybridized carbons (Fsp3) is 0.278.